The first-order valence-electron chi connectivity index (χ1n) is 5.87. The molecule has 0 bridgehead atoms. The van der Waals surface area contributed by atoms with Crippen LogP contribution in [0.4, 0.5) is 5.69 Å². The number of anilines is 1. The normalized spacial score (nSPS) is 25.8. The average Bonchev–Trinajstić information content (AvgIpc) is 2.30. The van der Waals surface area contributed by atoms with E-state index in [0.29, 0.717) is 13.1 Å². The van der Waals surface area contributed by atoms with Crippen molar-refractivity contribution in [3.05, 3.63) is 29.8 Å². The fourth-order valence-electron chi connectivity index (χ4n) is 2.25. The van der Waals surface area contributed by atoms with Gasteiger partial charge in [0, 0.05) is 25.3 Å². The second-order valence-electron chi connectivity index (χ2n) is 4.79. The number of aliphatic hydroxyl groups is 1. The Morgan fingerprint density at radius 3 is 2.69 bits per heavy atom. The fourth-order valence-corrected chi connectivity index (χ4v) is 2.25. The summed E-state index contributed by atoms with van der Waals surface area (Å²) in [7, 11) is 0. The van der Waals surface area contributed by atoms with Crippen molar-refractivity contribution in [2.75, 3.05) is 24.5 Å². The summed E-state index contributed by atoms with van der Waals surface area (Å²) in [4.78, 5) is 2.22. The molecule has 1 heterocycles. The van der Waals surface area contributed by atoms with Crippen molar-refractivity contribution in [1.29, 1.82) is 0 Å². The van der Waals surface area contributed by atoms with Crippen molar-refractivity contribution in [2.24, 2.45) is 5.73 Å². The molecule has 0 amide bonds. The molecular formula is C13H20N2O. The molecule has 0 saturated carbocycles. The standard InChI is InChI=1S/C13H20N2O/c1-11-3-5-12(6-4-11)15-8-2-7-13(16,9-14)10-15/h3-6,16H,2,7-10,14H2,1H3. The number of piperidine rings is 1. The molecule has 0 radical (unpaired) electrons. The van der Waals surface area contributed by atoms with Crippen LogP contribution in [0.25, 0.3) is 0 Å². The Balaban J connectivity index is 2.12. The predicted molar refractivity (Wildman–Crippen MR) is 66.6 cm³/mol. The van der Waals surface area contributed by atoms with Crippen LogP contribution in [0.5, 0.6) is 0 Å². The molecule has 0 aromatic heterocycles. The lowest BCUT2D eigenvalue weighted by atomic mass is 9.92. The van der Waals surface area contributed by atoms with Crippen LogP contribution in [-0.2, 0) is 0 Å². The van der Waals surface area contributed by atoms with Gasteiger partial charge in [-0.3, -0.25) is 0 Å². The second kappa shape index (κ2) is 4.44. The molecular weight excluding hydrogens is 200 g/mol. The topological polar surface area (TPSA) is 49.5 Å². The molecule has 16 heavy (non-hydrogen) atoms. The van der Waals surface area contributed by atoms with Gasteiger partial charge in [0.15, 0.2) is 0 Å². The Bertz CT molecular complexity index is 349. The van der Waals surface area contributed by atoms with Crippen LogP contribution >= 0.6 is 0 Å². The summed E-state index contributed by atoms with van der Waals surface area (Å²) in [6.07, 6.45) is 1.81. The van der Waals surface area contributed by atoms with Gasteiger partial charge in [0.05, 0.1) is 5.60 Å². The molecule has 1 aromatic carbocycles. The molecule has 3 nitrogen and oxygen atoms in total. The highest BCUT2D eigenvalue weighted by Gasteiger charge is 2.31. The van der Waals surface area contributed by atoms with Gasteiger partial charge < -0.3 is 15.7 Å². The van der Waals surface area contributed by atoms with Crippen molar-refractivity contribution >= 4 is 5.69 Å². The second-order valence-corrected chi connectivity index (χ2v) is 4.79. The Morgan fingerprint density at radius 1 is 1.38 bits per heavy atom. The van der Waals surface area contributed by atoms with Crippen LogP contribution in [0.1, 0.15) is 18.4 Å². The van der Waals surface area contributed by atoms with Gasteiger partial charge in [-0.25, -0.2) is 0 Å². The van der Waals surface area contributed by atoms with E-state index in [1.807, 2.05) is 0 Å². The number of benzene rings is 1. The van der Waals surface area contributed by atoms with E-state index in [4.69, 9.17) is 5.73 Å². The highest BCUT2D eigenvalue weighted by Crippen LogP contribution is 2.25. The largest absolute Gasteiger partial charge is 0.387 e. The zero-order valence-electron chi connectivity index (χ0n) is 9.82. The summed E-state index contributed by atoms with van der Waals surface area (Å²) in [5.41, 5.74) is 7.36. The zero-order chi connectivity index (χ0) is 11.6. The van der Waals surface area contributed by atoms with Crippen molar-refractivity contribution in [2.45, 2.75) is 25.4 Å². The summed E-state index contributed by atoms with van der Waals surface area (Å²) in [5, 5.41) is 10.2. The minimum Gasteiger partial charge on any atom is -0.387 e. The fraction of sp³-hybridized carbons (Fsp3) is 0.538. The van der Waals surface area contributed by atoms with Crippen LogP contribution in [0.3, 0.4) is 0 Å². The van der Waals surface area contributed by atoms with Crippen molar-refractivity contribution in [3.63, 3.8) is 0 Å². The maximum absolute atomic E-state index is 10.2. The third kappa shape index (κ3) is 2.36. The number of hydrogen-bond donors (Lipinski definition) is 2. The van der Waals surface area contributed by atoms with Gasteiger partial charge in [-0.2, -0.15) is 0 Å². The summed E-state index contributed by atoms with van der Waals surface area (Å²) in [5.74, 6) is 0. The van der Waals surface area contributed by atoms with Crippen LogP contribution in [0.15, 0.2) is 24.3 Å². The van der Waals surface area contributed by atoms with E-state index >= 15 is 0 Å². The van der Waals surface area contributed by atoms with E-state index in [2.05, 4.69) is 36.1 Å². The van der Waals surface area contributed by atoms with Crippen LogP contribution in [-0.4, -0.2) is 30.3 Å². The zero-order valence-corrected chi connectivity index (χ0v) is 9.82. The number of rotatable bonds is 2. The van der Waals surface area contributed by atoms with Crippen LogP contribution < -0.4 is 10.6 Å². The molecule has 1 aliphatic rings. The van der Waals surface area contributed by atoms with Crippen molar-refractivity contribution < 1.29 is 5.11 Å². The predicted octanol–water partition coefficient (Wildman–Crippen LogP) is 1.29. The molecule has 0 aliphatic carbocycles. The Hall–Kier alpha value is -1.06. The number of β-amino-alcohol motifs (C(OH)–C–C–N with tert-alkyl or cyclic N) is 1. The highest BCUT2D eigenvalue weighted by atomic mass is 16.3. The maximum atomic E-state index is 10.2. The van der Waals surface area contributed by atoms with Gasteiger partial charge in [-0.1, -0.05) is 17.7 Å². The van der Waals surface area contributed by atoms with Gasteiger partial charge in [-0.05, 0) is 31.9 Å². The third-order valence-electron chi connectivity index (χ3n) is 3.33. The third-order valence-corrected chi connectivity index (χ3v) is 3.33. The summed E-state index contributed by atoms with van der Waals surface area (Å²) in [6.45, 7) is 4.07. The van der Waals surface area contributed by atoms with Gasteiger partial charge in [0.2, 0.25) is 0 Å². The Labute approximate surface area is 96.9 Å². The first kappa shape index (κ1) is 11.4. The number of nitrogens with zero attached hydrogens (tertiary/aromatic N) is 1. The van der Waals surface area contributed by atoms with E-state index in [1.54, 1.807) is 0 Å². The van der Waals surface area contributed by atoms with E-state index < -0.39 is 5.60 Å². The van der Waals surface area contributed by atoms with E-state index in [9.17, 15) is 5.11 Å². The van der Waals surface area contributed by atoms with Crippen LogP contribution in [0.2, 0.25) is 0 Å². The molecule has 2 rings (SSSR count). The molecule has 1 unspecified atom stereocenters. The monoisotopic (exact) mass is 220 g/mol. The molecule has 3 N–H and O–H groups in total. The molecule has 1 atom stereocenters. The number of hydrogen-bond acceptors (Lipinski definition) is 3. The minimum atomic E-state index is -0.705. The molecule has 88 valence electrons. The van der Waals surface area contributed by atoms with Gasteiger partial charge in [0.1, 0.15) is 0 Å². The SMILES string of the molecule is Cc1ccc(N2CCCC(O)(CN)C2)cc1. The smallest absolute Gasteiger partial charge is 0.0943 e. The maximum Gasteiger partial charge on any atom is 0.0943 e. The lowest BCUT2D eigenvalue weighted by Crippen LogP contribution is -2.52. The average molecular weight is 220 g/mol. The molecule has 1 fully saturated rings. The highest BCUT2D eigenvalue weighted by molar-refractivity contribution is 5.48. The first-order chi connectivity index (χ1) is 7.63. The lowest BCUT2D eigenvalue weighted by molar-refractivity contribution is 0.0347. The van der Waals surface area contributed by atoms with E-state index in [0.717, 1.165) is 19.4 Å². The summed E-state index contributed by atoms with van der Waals surface area (Å²) < 4.78 is 0. The van der Waals surface area contributed by atoms with Crippen molar-refractivity contribution in [3.8, 4) is 0 Å². The molecule has 3 heteroatoms. The number of aryl methyl sites for hydroxylation is 1. The Kier molecular flexibility index (Phi) is 3.17. The van der Waals surface area contributed by atoms with Gasteiger partial charge >= 0.3 is 0 Å². The molecule has 0 spiro atoms. The summed E-state index contributed by atoms with van der Waals surface area (Å²) in [6, 6.07) is 8.42. The van der Waals surface area contributed by atoms with E-state index in [1.165, 1.54) is 11.3 Å². The van der Waals surface area contributed by atoms with Gasteiger partial charge in [0.25, 0.3) is 0 Å². The number of nitrogens with two attached hydrogens (primary N) is 1. The first-order valence-corrected chi connectivity index (χ1v) is 5.87. The molecule has 1 aromatic rings. The molecule has 1 saturated heterocycles. The Morgan fingerprint density at radius 2 is 2.06 bits per heavy atom. The lowest BCUT2D eigenvalue weighted by Gasteiger charge is -2.39. The quantitative estimate of drug-likeness (QED) is 0.789. The van der Waals surface area contributed by atoms with Crippen molar-refractivity contribution in [1.82, 2.24) is 0 Å². The van der Waals surface area contributed by atoms with E-state index in [-0.39, 0.29) is 0 Å². The summed E-state index contributed by atoms with van der Waals surface area (Å²) >= 11 is 0. The molecule has 1 aliphatic heterocycles. The van der Waals surface area contributed by atoms with Crippen LogP contribution in [0, 0.1) is 6.92 Å². The minimum absolute atomic E-state index is 0.343. The van der Waals surface area contributed by atoms with Gasteiger partial charge in [-0.15, -0.1) is 0 Å².